The molecule has 114 valence electrons. The third-order valence-electron chi connectivity index (χ3n) is 3.14. The predicted molar refractivity (Wildman–Crippen MR) is 77.5 cm³/mol. The van der Waals surface area contributed by atoms with Crippen molar-refractivity contribution >= 4 is 11.8 Å². The maximum absolute atomic E-state index is 13.9. The lowest BCUT2D eigenvalue weighted by atomic mass is 10.4. The van der Waals surface area contributed by atoms with E-state index in [2.05, 4.69) is 25.2 Å². The van der Waals surface area contributed by atoms with Crippen molar-refractivity contribution in [1.29, 1.82) is 0 Å². The van der Waals surface area contributed by atoms with Crippen LogP contribution in [-0.2, 0) is 11.3 Å². The van der Waals surface area contributed by atoms with Crippen molar-refractivity contribution in [3.05, 3.63) is 42.1 Å². The molecule has 2 aromatic rings. The Morgan fingerprint density at radius 1 is 1.23 bits per heavy atom. The predicted octanol–water partition coefficient (Wildman–Crippen LogP) is 2.13. The van der Waals surface area contributed by atoms with Gasteiger partial charge in [0.05, 0.1) is 25.1 Å². The van der Waals surface area contributed by atoms with Crippen molar-refractivity contribution in [2.75, 3.05) is 31.2 Å². The van der Waals surface area contributed by atoms with E-state index in [9.17, 15) is 4.39 Å². The molecule has 0 bridgehead atoms. The molecule has 0 N–H and O–H groups in total. The Morgan fingerprint density at radius 2 is 2.09 bits per heavy atom. The van der Waals surface area contributed by atoms with Gasteiger partial charge in [-0.1, -0.05) is 6.07 Å². The summed E-state index contributed by atoms with van der Waals surface area (Å²) >= 11 is 0. The summed E-state index contributed by atoms with van der Waals surface area (Å²) < 4.78 is 19.1. The van der Waals surface area contributed by atoms with E-state index in [1.54, 1.807) is 6.20 Å². The van der Waals surface area contributed by atoms with Crippen molar-refractivity contribution in [2.45, 2.75) is 6.54 Å². The molecule has 22 heavy (non-hydrogen) atoms. The van der Waals surface area contributed by atoms with Crippen LogP contribution < -0.4 is 4.90 Å². The monoisotopic (exact) mass is 302 g/mol. The van der Waals surface area contributed by atoms with Gasteiger partial charge in [-0.25, -0.2) is 9.37 Å². The molecule has 0 unspecified atom stereocenters. The number of nitrogens with zero attached hydrogens (tertiary/aromatic N) is 6. The van der Waals surface area contributed by atoms with Crippen LogP contribution in [0.1, 0.15) is 5.69 Å². The Hall–Kier alpha value is -2.48. The van der Waals surface area contributed by atoms with E-state index >= 15 is 0 Å². The molecule has 2 aromatic heterocycles. The van der Waals surface area contributed by atoms with Gasteiger partial charge in [-0.2, -0.15) is 10.1 Å². The molecule has 1 saturated heterocycles. The highest BCUT2D eigenvalue weighted by Gasteiger charge is 2.17. The molecule has 3 rings (SSSR count). The number of aromatic nitrogens is 3. The molecule has 0 radical (unpaired) electrons. The molecule has 1 fully saturated rings. The number of hydrogen-bond donors (Lipinski definition) is 0. The van der Waals surface area contributed by atoms with E-state index in [0.29, 0.717) is 32.8 Å². The van der Waals surface area contributed by atoms with Gasteiger partial charge in [-0.3, -0.25) is 4.98 Å². The van der Waals surface area contributed by atoms with E-state index in [1.165, 1.54) is 0 Å². The summed E-state index contributed by atoms with van der Waals surface area (Å²) in [6, 6.07) is 5.56. The van der Waals surface area contributed by atoms with Crippen molar-refractivity contribution in [1.82, 2.24) is 15.0 Å². The molecule has 0 amide bonds. The summed E-state index contributed by atoms with van der Waals surface area (Å²) in [7, 11) is 0. The Morgan fingerprint density at radius 3 is 2.86 bits per heavy atom. The van der Waals surface area contributed by atoms with Crippen LogP contribution in [0.3, 0.4) is 0 Å². The standard InChI is InChI=1S/C14H15FN6O/c15-12-10-17-14(19-13(12)21-5-7-22-8-6-21)20-18-9-11-3-1-2-4-16-11/h1-4,10H,5-9H2. The van der Waals surface area contributed by atoms with Crippen LogP contribution in [0.15, 0.2) is 40.8 Å². The minimum absolute atomic E-state index is 0.138. The second-order valence-corrected chi connectivity index (χ2v) is 4.66. The van der Waals surface area contributed by atoms with Crippen LogP contribution in [0.25, 0.3) is 0 Å². The first-order chi connectivity index (χ1) is 10.8. The summed E-state index contributed by atoms with van der Waals surface area (Å²) in [5.74, 6) is -0.0884. The number of pyridine rings is 1. The Kier molecular flexibility index (Phi) is 4.59. The molecule has 0 saturated carbocycles. The summed E-state index contributed by atoms with van der Waals surface area (Å²) in [5, 5.41) is 7.94. The van der Waals surface area contributed by atoms with Crippen molar-refractivity contribution in [3.63, 3.8) is 0 Å². The second kappa shape index (κ2) is 6.99. The van der Waals surface area contributed by atoms with Crippen molar-refractivity contribution in [3.8, 4) is 0 Å². The van der Waals surface area contributed by atoms with Gasteiger partial charge >= 0.3 is 0 Å². The maximum Gasteiger partial charge on any atom is 0.270 e. The van der Waals surface area contributed by atoms with Crippen LogP contribution in [0.2, 0.25) is 0 Å². The van der Waals surface area contributed by atoms with Gasteiger partial charge in [0.25, 0.3) is 5.95 Å². The third-order valence-corrected chi connectivity index (χ3v) is 3.14. The van der Waals surface area contributed by atoms with Crippen molar-refractivity contribution in [2.24, 2.45) is 10.2 Å². The normalized spacial score (nSPS) is 15.4. The summed E-state index contributed by atoms with van der Waals surface area (Å²) in [5.41, 5.74) is 0.793. The lowest BCUT2D eigenvalue weighted by Crippen LogP contribution is -2.37. The minimum Gasteiger partial charge on any atom is -0.378 e. The number of morpholine rings is 1. The molecule has 0 atom stereocenters. The first-order valence-electron chi connectivity index (χ1n) is 6.95. The highest BCUT2D eigenvalue weighted by Crippen LogP contribution is 2.19. The smallest absolute Gasteiger partial charge is 0.270 e. The topological polar surface area (TPSA) is 75.9 Å². The van der Waals surface area contributed by atoms with Gasteiger partial charge in [0.1, 0.15) is 6.54 Å². The van der Waals surface area contributed by atoms with Crippen LogP contribution >= 0.6 is 0 Å². The maximum atomic E-state index is 13.9. The van der Waals surface area contributed by atoms with Gasteiger partial charge in [-0.15, -0.1) is 5.11 Å². The number of hydrogen-bond acceptors (Lipinski definition) is 7. The number of rotatable bonds is 4. The highest BCUT2D eigenvalue weighted by atomic mass is 19.1. The van der Waals surface area contributed by atoms with Crippen LogP contribution in [0, 0.1) is 5.82 Å². The van der Waals surface area contributed by atoms with Gasteiger partial charge < -0.3 is 9.64 Å². The van der Waals surface area contributed by atoms with E-state index < -0.39 is 5.82 Å². The zero-order valence-electron chi connectivity index (χ0n) is 11.9. The fraction of sp³-hybridized carbons (Fsp3) is 0.357. The van der Waals surface area contributed by atoms with Gasteiger partial charge in [0, 0.05) is 19.3 Å². The number of halogens is 1. The minimum atomic E-state index is -0.467. The molecule has 7 nitrogen and oxygen atoms in total. The van der Waals surface area contributed by atoms with E-state index in [0.717, 1.165) is 11.9 Å². The average molecular weight is 302 g/mol. The number of anilines is 1. The molecular weight excluding hydrogens is 287 g/mol. The molecule has 0 aliphatic carbocycles. The molecule has 8 heteroatoms. The fourth-order valence-electron chi connectivity index (χ4n) is 2.06. The molecule has 1 aliphatic rings. The first-order valence-corrected chi connectivity index (χ1v) is 6.95. The summed E-state index contributed by atoms with van der Waals surface area (Å²) in [6.07, 6.45) is 2.81. The lowest BCUT2D eigenvalue weighted by molar-refractivity contribution is 0.122. The summed E-state index contributed by atoms with van der Waals surface area (Å²) in [4.78, 5) is 13.9. The number of ether oxygens (including phenoxy) is 1. The number of azo groups is 1. The van der Waals surface area contributed by atoms with E-state index in [-0.39, 0.29) is 11.8 Å². The Labute approximate surface area is 126 Å². The SMILES string of the molecule is Fc1cnc(N=NCc2ccccn2)nc1N1CCOCC1. The van der Waals surface area contributed by atoms with Gasteiger partial charge in [-0.05, 0) is 12.1 Å². The quantitative estimate of drug-likeness (QED) is 0.809. The van der Waals surface area contributed by atoms with E-state index in [1.807, 2.05) is 23.1 Å². The lowest BCUT2D eigenvalue weighted by Gasteiger charge is -2.27. The first kappa shape index (κ1) is 14.5. The van der Waals surface area contributed by atoms with Crippen molar-refractivity contribution < 1.29 is 9.13 Å². The molecular formula is C14H15FN6O. The molecule has 0 spiro atoms. The van der Waals surface area contributed by atoms with Gasteiger partial charge in [0.15, 0.2) is 11.6 Å². The van der Waals surface area contributed by atoms with Crippen LogP contribution in [0.4, 0.5) is 16.2 Å². The Balaban J connectivity index is 1.71. The van der Waals surface area contributed by atoms with Crippen LogP contribution in [0.5, 0.6) is 0 Å². The molecule has 3 heterocycles. The zero-order chi connectivity index (χ0) is 15.2. The molecule has 1 aliphatic heterocycles. The van der Waals surface area contributed by atoms with Gasteiger partial charge in [0.2, 0.25) is 0 Å². The largest absolute Gasteiger partial charge is 0.378 e. The second-order valence-electron chi connectivity index (χ2n) is 4.66. The molecule has 0 aromatic carbocycles. The summed E-state index contributed by atoms with van der Waals surface area (Å²) in [6.45, 7) is 2.63. The highest BCUT2D eigenvalue weighted by molar-refractivity contribution is 5.42. The Bertz CT molecular complexity index is 645. The average Bonchev–Trinajstić information content (AvgIpc) is 2.58. The third kappa shape index (κ3) is 3.59. The fourth-order valence-corrected chi connectivity index (χ4v) is 2.06. The van der Waals surface area contributed by atoms with E-state index in [4.69, 9.17) is 4.74 Å². The zero-order valence-corrected chi connectivity index (χ0v) is 11.9. The van der Waals surface area contributed by atoms with Crippen LogP contribution in [-0.4, -0.2) is 41.3 Å².